The largest absolute Gasteiger partial charge is 0.497 e. The Kier molecular flexibility index (Phi) is 7.75. The Morgan fingerprint density at radius 2 is 1.76 bits per heavy atom. The molecule has 3 aliphatic heterocycles. The van der Waals surface area contributed by atoms with Crippen LogP contribution in [0, 0.1) is 11.8 Å². The van der Waals surface area contributed by atoms with Crippen molar-refractivity contribution in [2.24, 2.45) is 11.8 Å². The van der Waals surface area contributed by atoms with Gasteiger partial charge in [0, 0.05) is 42.2 Å². The van der Waals surface area contributed by atoms with Crippen LogP contribution in [0.15, 0.2) is 70.9 Å². The summed E-state index contributed by atoms with van der Waals surface area (Å²) in [6.07, 6.45) is -4.84. The van der Waals surface area contributed by atoms with Crippen LogP contribution in [0.25, 0.3) is 10.9 Å². The van der Waals surface area contributed by atoms with Crippen molar-refractivity contribution in [2.75, 3.05) is 25.5 Å². The number of alkyl halides is 6. The normalized spacial score (nSPS) is 22.5. The zero-order chi connectivity index (χ0) is 32.3. The summed E-state index contributed by atoms with van der Waals surface area (Å²) in [5.74, 6) is 0.493. The molecule has 1 aromatic heterocycles. The fourth-order valence-electron chi connectivity index (χ4n) is 7.02. The van der Waals surface area contributed by atoms with E-state index in [0.717, 1.165) is 18.5 Å². The molecule has 0 aliphatic carbocycles. The number of nitrogens with zero attached hydrogens (tertiary/aromatic N) is 2. The number of fused-ring (bicyclic) bond motifs is 4. The molecule has 2 bridgehead atoms. The third kappa shape index (κ3) is 5.60. The number of halogens is 6. The second kappa shape index (κ2) is 11.3. The van der Waals surface area contributed by atoms with Gasteiger partial charge in [-0.25, -0.2) is 0 Å². The van der Waals surface area contributed by atoms with Crippen molar-refractivity contribution in [1.82, 2.24) is 9.88 Å². The van der Waals surface area contributed by atoms with Gasteiger partial charge in [0.1, 0.15) is 5.75 Å². The van der Waals surface area contributed by atoms with Crippen LogP contribution in [0.5, 0.6) is 5.75 Å². The number of aromatic nitrogens is 1. The van der Waals surface area contributed by atoms with Crippen LogP contribution in [0.2, 0.25) is 0 Å². The van der Waals surface area contributed by atoms with Gasteiger partial charge in [0.05, 0.1) is 29.4 Å². The highest BCUT2D eigenvalue weighted by molar-refractivity contribution is 5.85. The quantitative estimate of drug-likeness (QED) is 0.136. The number of piperidine rings is 3. The Hall–Kier alpha value is -4.19. The number of hydrogen-bond donors (Lipinski definition) is 1. The van der Waals surface area contributed by atoms with Gasteiger partial charge in [-0.15, -0.1) is 6.58 Å². The van der Waals surface area contributed by atoms with Crippen LogP contribution >= 0.6 is 0 Å². The Morgan fingerprint density at radius 3 is 2.36 bits per heavy atom. The molecular weight excluding hydrogens is 600 g/mol. The first-order valence-electron chi connectivity index (χ1n) is 14.4. The first-order valence-corrected chi connectivity index (χ1v) is 14.4. The summed E-state index contributed by atoms with van der Waals surface area (Å²) in [5.41, 5.74) is -3.45. The van der Waals surface area contributed by atoms with Crippen molar-refractivity contribution in [3.63, 3.8) is 0 Å². The van der Waals surface area contributed by atoms with E-state index in [2.05, 4.69) is 21.8 Å². The Balaban J connectivity index is 1.44. The predicted molar refractivity (Wildman–Crippen MR) is 157 cm³/mol. The second-order valence-corrected chi connectivity index (χ2v) is 11.7. The minimum atomic E-state index is -5.02. The first-order chi connectivity index (χ1) is 21.3. The van der Waals surface area contributed by atoms with Crippen molar-refractivity contribution in [3.05, 3.63) is 110 Å². The molecule has 3 fully saturated rings. The number of anilines is 1. The molecule has 4 heterocycles. The molecule has 12 heteroatoms. The number of pyridine rings is 1. The smallest absolute Gasteiger partial charge is 0.416 e. The van der Waals surface area contributed by atoms with E-state index in [0.29, 0.717) is 47.7 Å². The van der Waals surface area contributed by atoms with Gasteiger partial charge in [-0.05, 0) is 84.8 Å². The highest BCUT2D eigenvalue weighted by atomic mass is 19.4. The molecule has 1 unspecified atom stereocenters. The summed E-state index contributed by atoms with van der Waals surface area (Å²) in [6, 6.07) is 8.17. The summed E-state index contributed by atoms with van der Waals surface area (Å²) in [6.45, 7) is 4.93. The summed E-state index contributed by atoms with van der Waals surface area (Å²) >= 11 is 0. The standard InChI is InChI=1S/C33H29F6N3O3/c1-3-18-16-42-9-7-19(18)12-26(42)27(23-6-8-40-25-5-4-22(45-2)14-24(23)25)28-29(31(44)30(28)43)41-15-17-10-20(32(34,35)36)13-21(11-17)33(37,38)39/h3-6,8,10-11,13-14,18-19,26-27,41H,1,7,9,12,15-16H2,2H3/t18-,19-,26-,27+/m0/s1. The molecule has 0 saturated carbocycles. The maximum atomic E-state index is 13.5. The lowest BCUT2D eigenvalue weighted by Crippen LogP contribution is -2.56. The topological polar surface area (TPSA) is 71.5 Å². The maximum absolute atomic E-state index is 13.5. The van der Waals surface area contributed by atoms with E-state index in [9.17, 15) is 35.9 Å². The molecule has 45 heavy (non-hydrogen) atoms. The lowest BCUT2D eigenvalue weighted by molar-refractivity contribution is -0.143. The summed E-state index contributed by atoms with van der Waals surface area (Å²) < 4.78 is 86.3. The van der Waals surface area contributed by atoms with Crippen LogP contribution < -0.4 is 20.9 Å². The van der Waals surface area contributed by atoms with Crippen molar-refractivity contribution >= 4 is 16.6 Å². The summed E-state index contributed by atoms with van der Waals surface area (Å²) in [5, 5.41) is 3.45. The van der Waals surface area contributed by atoms with Gasteiger partial charge in [-0.2, -0.15) is 26.3 Å². The zero-order valence-electron chi connectivity index (χ0n) is 24.1. The van der Waals surface area contributed by atoms with E-state index in [-0.39, 0.29) is 34.8 Å². The second-order valence-electron chi connectivity index (χ2n) is 11.7. The van der Waals surface area contributed by atoms with E-state index in [1.54, 1.807) is 30.5 Å². The van der Waals surface area contributed by atoms with Gasteiger partial charge < -0.3 is 10.1 Å². The number of hydrogen-bond acceptors (Lipinski definition) is 6. The Bertz CT molecular complexity index is 1810. The van der Waals surface area contributed by atoms with E-state index >= 15 is 0 Å². The van der Waals surface area contributed by atoms with Gasteiger partial charge in [-0.1, -0.05) is 6.08 Å². The number of nitrogens with one attached hydrogen (secondary N) is 1. The zero-order valence-corrected chi connectivity index (χ0v) is 24.1. The van der Waals surface area contributed by atoms with Crippen LogP contribution in [0.1, 0.15) is 46.6 Å². The van der Waals surface area contributed by atoms with Crippen molar-refractivity contribution in [3.8, 4) is 5.75 Å². The molecule has 0 amide bonds. The third-order valence-corrected chi connectivity index (χ3v) is 9.23. The van der Waals surface area contributed by atoms with Crippen LogP contribution in [-0.4, -0.2) is 36.1 Å². The summed E-state index contributed by atoms with van der Waals surface area (Å²) in [4.78, 5) is 33.1. The monoisotopic (exact) mass is 629 g/mol. The fraction of sp³-hybridized carbons (Fsp3) is 0.364. The highest BCUT2D eigenvalue weighted by Gasteiger charge is 2.46. The van der Waals surface area contributed by atoms with Gasteiger partial charge in [0.2, 0.25) is 10.9 Å². The molecule has 4 aromatic rings. The summed E-state index contributed by atoms with van der Waals surface area (Å²) in [7, 11) is 1.52. The van der Waals surface area contributed by atoms with Crippen LogP contribution in [0.3, 0.4) is 0 Å². The van der Waals surface area contributed by atoms with Crippen LogP contribution in [-0.2, 0) is 18.9 Å². The van der Waals surface area contributed by atoms with Gasteiger partial charge in [0.25, 0.3) is 0 Å². The molecule has 3 aromatic carbocycles. The lowest BCUT2D eigenvalue weighted by Gasteiger charge is -2.52. The van der Waals surface area contributed by atoms with E-state index in [1.165, 1.54) is 7.11 Å². The average molecular weight is 630 g/mol. The third-order valence-electron chi connectivity index (χ3n) is 9.23. The minimum absolute atomic E-state index is 0.0498. The molecule has 7 rings (SSSR count). The van der Waals surface area contributed by atoms with E-state index in [1.807, 2.05) is 6.08 Å². The number of rotatable bonds is 8. The molecule has 6 nitrogen and oxygen atoms in total. The molecule has 0 spiro atoms. The molecule has 0 radical (unpaired) electrons. The number of methoxy groups -OCH3 is 1. The minimum Gasteiger partial charge on any atom is -0.497 e. The van der Waals surface area contributed by atoms with Crippen molar-refractivity contribution in [1.29, 1.82) is 0 Å². The van der Waals surface area contributed by atoms with E-state index < -0.39 is 46.8 Å². The fourth-order valence-corrected chi connectivity index (χ4v) is 7.02. The SMILES string of the molecule is C=C[C@H]1CN2CC[C@H]1C[C@H]2[C@H](c1c(NCc2cc(C(F)(F)F)cc(C(F)(F)F)c2)c(=O)c1=O)c1ccnc2ccc(OC)cc12. The number of ether oxygens (including phenoxy) is 1. The highest BCUT2D eigenvalue weighted by Crippen LogP contribution is 2.46. The van der Waals surface area contributed by atoms with Gasteiger partial charge in [0.15, 0.2) is 0 Å². The molecule has 3 saturated heterocycles. The molecule has 236 valence electrons. The first kappa shape index (κ1) is 30.8. The van der Waals surface area contributed by atoms with Crippen molar-refractivity contribution < 1.29 is 31.1 Å². The number of benzene rings is 2. The molecule has 3 aliphatic rings. The molecular formula is C33H29F6N3O3. The average Bonchev–Trinajstić information content (AvgIpc) is 3.02. The molecule has 1 N–H and O–H groups in total. The van der Waals surface area contributed by atoms with Gasteiger partial charge in [-0.3, -0.25) is 19.5 Å². The lowest BCUT2D eigenvalue weighted by atomic mass is 9.68. The predicted octanol–water partition coefficient (Wildman–Crippen LogP) is 6.52. The maximum Gasteiger partial charge on any atom is 0.416 e. The Morgan fingerprint density at radius 1 is 1.04 bits per heavy atom. The van der Waals surface area contributed by atoms with Crippen LogP contribution in [0.4, 0.5) is 32.0 Å². The molecule has 5 atom stereocenters. The van der Waals surface area contributed by atoms with Crippen molar-refractivity contribution in [2.45, 2.75) is 43.7 Å². The van der Waals surface area contributed by atoms with Gasteiger partial charge >= 0.3 is 12.4 Å². The Labute approximate surface area is 254 Å². The van der Waals surface area contributed by atoms with E-state index in [4.69, 9.17) is 4.74 Å².